The van der Waals surface area contributed by atoms with E-state index in [4.69, 9.17) is 16.0 Å². The van der Waals surface area contributed by atoms with Crippen LogP contribution in [0, 0.1) is 24.0 Å². The predicted octanol–water partition coefficient (Wildman–Crippen LogP) is 2.78. The topological polar surface area (TPSA) is 98.3 Å². The third-order valence-electron chi connectivity index (χ3n) is 2.96. The number of hydrogen-bond acceptors (Lipinski definition) is 5. The maximum atomic E-state index is 12.2. The van der Waals surface area contributed by atoms with Crippen LogP contribution in [0.2, 0.25) is 5.15 Å². The molecule has 0 aromatic carbocycles. The summed E-state index contributed by atoms with van der Waals surface area (Å²) >= 11 is 5.95. The SMILES string of the molecule is Cc1nc(Cl)c(C(=O)NCc2ccco2)c(C)c1[N+](=O)[O-]. The number of aryl methyl sites for hydroxylation is 1. The van der Waals surface area contributed by atoms with Gasteiger partial charge in [-0.05, 0) is 26.0 Å². The highest BCUT2D eigenvalue weighted by Crippen LogP contribution is 2.29. The van der Waals surface area contributed by atoms with Crippen LogP contribution in [0.1, 0.15) is 27.4 Å². The number of carbonyl (C=O) groups is 1. The van der Waals surface area contributed by atoms with Crippen molar-refractivity contribution in [3.63, 3.8) is 0 Å². The average Bonchev–Trinajstić information content (AvgIpc) is 2.88. The van der Waals surface area contributed by atoms with E-state index in [1.165, 1.54) is 20.1 Å². The van der Waals surface area contributed by atoms with Crippen molar-refractivity contribution >= 4 is 23.2 Å². The van der Waals surface area contributed by atoms with Gasteiger partial charge in [0.1, 0.15) is 16.6 Å². The second-order valence-electron chi connectivity index (χ2n) is 4.36. The Kier molecular flexibility index (Phi) is 4.23. The maximum Gasteiger partial charge on any atom is 0.294 e. The number of halogens is 1. The lowest BCUT2D eigenvalue weighted by Crippen LogP contribution is -2.24. The summed E-state index contributed by atoms with van der Waals surface area (Å²) in [6, 6.07) is 3.39. The minimum Gasteiger partial charge on any atom is -0.467 e. The summed E-state index contributed by atoms with van der Waals surface area (Å²) in [6.07, 6.45) is 1.48. The first-order valence-corrected chi connectivity index (χ1v) is 6.41. The van der Waals surface area contributed by atoms with Gasteiger partial charge < -0.3 is 9.73 Å². The minimum atomic E-state index is -0.572. The van der Waals surface area contributed by atoms with E-state index in [9.17, 15) is 14.9 Å². The summed E-state index contributed by atoms with van der Waals surface area (Å²) in [5.74, 6) is 0.0243. The lowest BCUT2D eigenvalue weighted by atomic mass is 10.1. The average molecular weight is 310 g/mol. The van der Waals surface area contributed by atoms with Crippen LogP contribution in [-0.4, -0.2) is 15.8 Å². The molecule has 1 amide bonds. The first-order chi connectivity index (χ1) is 9.91. The van der Waals surface area contributed by atoms with Gasteiger partial charge in [0.15, 0.2) is 0 Å². The van der Waals surface area contributed by atoms with E-state index >= 15 is 0 Å². The van der Waals surface area contributed by atoms with Crippen molar-refractivity contribution in [3.8, 4) is 0 Å². The minimum absolute atomic E-state index is 0.000484. The van der Waals surface area contributed by atoms with Gasteiger partial charge >= 0.3 is 0 Å². The number of hydrogen-bond donors (Lipinski definition) is 1. The van der Waals surface area contributed by atoms with Gasteiger partial charge in [-0.3, -0.25) is 14.9 Å². The molecule has 8 heteroatoms. The maximum absolute atomic E-state index is 12.2. The summed E-state index contributed by atoms with van der Waals surface area (Å²) in [6.45, 7) is 3.10. The Balaban J connectivity index is 2.32. The predicted molar refractivity (Wildman–Crippen MR) is 75.3 cm³/mol. The molecule has 0 fully saturated rings. The monoisotopic (exact) mass is 309 g/mol. The Bertz CT molecular complexity index is 698. The molecule has 2 heterocycles. The van der Waals surface area contributed by atoms with Crippen LogP contribution in [0.25, 0.3) is 0 Å². The fourth-order valence-corrected chi connectivity index (χ4v) is 2.36. The summed E-state index contributed by atoms with van der Waals surface area (Å²) in [5, 5.41) is 13.6. The molecule has 2 aromatic rings. The molecule has 21 heavy (non-hydrogen) atoms. The van der Waals surface area contributed by atoms with Crippen molar-refractivity contribution in [1.29, 1.82) is 0 Å². The molecule has 0 saturated carbocycles. The molecule has 0 atom stereocenters. The number of furan rings is 1. The quantitative estimate of drug-likeness (QED) is 0.532. The molecule has 0 bridgehead atoms. The molecule has 0 radical (unpaired) electrons. The molecule has 0 aliphatic carbocycles. The van der Waals surface area contributed by atoms with E-state index in [0.717, 1.165) is 0 Å². The van der Waals surface area contributed by atoms with E-state index in [-0.39, 0.29) is 34.2 Å². The first kappa shape index (κ1) is 15.0. The number of amides is 1. The molecule has 2 rings (SSSR count). The van der Waals surface area contributed by atoms with E-state index in [0.29, 0.717) is 5.76 Å². The second-order valence-corrected chi connectivity index (χ2v) is 4.71. The van der Waals surface area contributed by atoms with Crippen LogP contribution in [0.4, 0.5) is 5.69 Å². The number of carbonyl (C=O) groups excluding carboxylic acids is 1. The number of nitrogens with one attached hydrogen (secondary N) is 1. The van der Waals surface area contributed by atoms with E-state index in [2.05, 4.69) is 10.3 Å². The van der Waals surface area contributed by atoms with Crippen molar-refractivity contribution in [3.05, 3.63) is 56.2 Å². The third kappa shape index (κ3) is 3.03. The van der Waals surface area contributed by atoms with Gasteiger partial charge in [-0.1, -0.05) is 11.6 Å². The normalized spacial score (nSPS) is 10.4. The lowest BCUT2D eigenvalue weighted by Gasteiger charge is -2.10. The lowest BCUT2D eigenvalue weighted by molar-refractivity contribution is -0.386. The van der Waals surface area contributed by atoms with Crippen LogP contribution in [-0.2, 0) is 6.54 Å². The molecule has 0 aliphatic heterocycles. The Hall–Kier alpha value is -2.41. The fourth-order valence-electron chi connectivity index (χ4n) is 2.00. The van der Waals surface area contributed by atoms with Gasteiger partial charge in [0.05, 0.1) is 23.3 Å². The Morgan fingerprint density at radius 2 is 2.24 bits per heavy atom. The van der Waals surface area contributed by atoms with Crippen LogP contribution in [0.5, 0.6) is 0 Å². The van der Waals surface area contributed by atoms with Gasteiger partial charge in [-0.15, -0.1) is 0 Å². The number of nitrogens with zero attached hydrogens (tertiary/aromatic N) is 2. The summed E-state index contributed by atoms with van der Waals surface area (Å²) in [5.41, 5.74) is 0.155. The molecule has 1 N–H and O–H groups in total. The number of aromatic nitrogens is 1. The van der Waals surface area contributed by atoms with E-state index in [1.807, 2.05) is 0 Å². The Morgan fingerprint density at radius 3 is 2.81 bits per heavy atom. The summed E-state index contributed by atoms with van der Waals surface area (Å²) < 4.78 is 5.09. The Labute approximate surface area is 125 Å². The van der Waals surface area contributed by atoms with Crippen molar-refractivity contribution in [2.75, 3.05) is 0 Å². The van der Waals surface area contributed by atoms with Crippen molar-refractivity contribution in [1.82, 2.24) is 10.3 Å². The molecule has 0 aliphatic rings. The van der Waals surface area contributed by atoms with Crippen molar-refractivity contribution < 1.29 is 14.1 Å². The largest absolute Gasteiger partial charge is 0.467 e. The first-order valence-electron chi connectivity index (χ1n) is 6.03. The number of nitro groups is 1. The molecule has 7 nitrogen and oxygen atoms in total. The van der Waals surface area contributed by atoms with E-state index < -0.39 is 10.8 Å². The second kappa shape index (κ2) is 5.92. The van der Waals surface area contributed by atoms with Crippen molar-refractivity contribution in [2.45, 2.75) is 20.4 Å². The number of pyridine rings is 1. The standard InChI is InChI=1S/C13H12ClN3O4/c1-7-10(12(14)16-8(2)11(7)17(19)20)13(18)15-6-9-4-3-5-21-9/h3-5H,6H2,1-2H3,(H,15,18). The van der Waals surface area contributed by atoms with Gasteiger partial charge in [0.25, 0.3) is 11.6 Å². The molecule has 0 spiro atoms. The zero-order valence-corrected chi connectivity index (χ0v) is 12.1. The molecule has 0 unspecified atom stereocenters. The smallest absolute Gasteiger partial charge is 0.294 e. The van der Waals surface area contributed by atoms with Crippen molar-refractivity contribution in [2.24, 2.45) is 0 Å². The van der Waals surface area contributed by atoms with Gasteiger partial charge in [0.2, 0.25) is 0 Å². The molecule has 110 valence electrons. The van der Waals surface area contributed by atoms with Gasteiger partial charge in [-0.2, -0.15) is 0 Å². The van der Waals surface area contributed by atoms with Gasteiger partial charge in [0, 0.05) is 5.56 Å². The van der Waals surface area contributed by atoms with Crippen LogP contribution in [0.3, 0.4) is 0 Å². The highest BCUT2D eigenvalue weighted by Gasteiger charge is 2.25. The third-order valence-corrected chi connectivity index (χ3v) is 3.23. The Morgan fingerprint density at radius 1 is 1.52 bits per heavy atom. The summed E-state index contributed by atoms with van der Waals surface area (Å²) in [7, 11) is 0. The van der Waals surface area contributed by atoms with E-state index in [1.54, 1.807) is 12.1 Å². The molecular weight excluding hydrogens is 298 g/mol. The number of rotatable bonds is 4. The zero-order valence-electron chi connectivity index (χ0n) is 11.3. The van der Waals surface area contributed by atoms with Gasteiger partial charge in [-0.25, -0.2) is 4.98 Å². The molecular formula is C13H12ClN3O4. The van der Waals surface area contributed by atoms with Crippen LogP contribution >= 0.6 is 11.6 Å². The summed E-state index contributed by atoms with van der Waals surface area (Å²) in [4.78, 5) is 26.5. The van der Waals surface area contributed by atoms with Crippen LogP contribution < -0.4 is 5.32 Å². The zero-order chi connectivity index (χ0) is 15.6. The fraction of sp³-hybridized carbons (Fsp3) is 0.231. The molecule has 0 saturated heterocycles. The molecule has 2 aromatic heterocycles. The van der Waals surface area contributed by atoms with Crippen LogP contribution in [0.15, 0.2) is 22.8 Å². The highest BCUT2D eigenvalue weighted by atomic mass is 35.5. The highest BCUT2D eigenvalue weighted by molar-refractivity contribution is 6.33.